The zero-order valence-corrected chi connectivity index (χ0v) is 12.0. The number of pyridine rings is 1. The normalized spacial score (nSPS) is 13.2. The van der Waals surface area contributed by atoms with Gasteiger partial charge in [0.05, 0.1) is 6.10 Å². The number of nitrogens with zero attached hydrogens (tertiary/aromatic N) is 1. The smallest absolute Gasteiger partial charge is 0.388 e. The Labute approximate surface area is 129 Å². The molecule has 0 aliphatic carbocycles. The highest BCUT2D eigenvalue weighted by Gasteiger charge is 2.33. The average molecular weight is 336 g/mol. The van der Waals surface area contributed by atoms with Gasteiger partial charge in [-0.15, -0.1) is 0 Å². The third-order valence-electron chi connectivity index (χ3n) is 2.90. The zero-order valence-electron chi connectivity index (χ0n) is 10.5. The number of hydrogen-bond acceptors (Lipinski definition) is 2. The van der Waals surface area contributed by atoms with Crippen LogP contribution in [0.15, 0.2) is 36.4 Å². The highest BCUT2D eigenvalue weighted by molar-refractivity contribution is 6.31. The van der Waals surface area contributed by atoms with E-state index in [4.69, 9.17) is 23.2 Å². The minimum absolute atomic E-state index is 0.129. The van der Waals surface area contributed by atoms with Crippen LogP contribution in [0.2, 0.25) is 10.2 Å². The highest BCUT2D eigenvalue weighted by atomic mass is 35.5. The summed E-state index contributed by atoms with van der Waals surface area (Å²) in [5.74, 6) is 0. The van der Waals surface area contributed by atoms with Crippen LogP contribution in [0, 0.1) is 0 Å². The molecular weight excluding hydrogens is 326 g/mol. The first kappa shape index (κ1) is 16.1. The van der Waals surface area contributed by atoms with Crippen LogP contribution in [0.5, 0.6) is 0 Å². The van der Waals surface area contributed by atoms with Crippen molar-refractivity contribution in [1.82, 2.24) is 4.98 Å². The second-order valence-corrected chi connectivity index (χ2v) is 5.15. The van der Waals surface area contributed by atoms with Crippen molar-refractivity contribution >= 4 is 23.2 Å². The molecule has 112 valence electrons. The molecule has 0 fully saturated rings. The van der Waals surface area contributed by atoms with Crippen molar-refractivity contribution < 1.29 is 18.3 Å². The Morgan fingerprint density at radius 1 is 1.10 bits per heavy atom. The van der Waals surface area contributed by atoms with Crippen molar-refractivity contribution in [2.45, 2.75) is 18.7 Å². The largest absolute Gasteiger partial charge is 0.433 e. The molecule has 0 aliphatic heterocycles. The standard InChI is InChI=1S/C14H10Cl2F3NO/c15-10-4-2-1-3-8(10)7-11(21)9-5-6-12(14(17,18)19)20-13(9)16/h1-6,11,21H,7H2. The van der Waals surface area contributed by atoms with Gasteiger partial charge >= 0.3 is 6.18 Å². The summed E-state index contributed by atoms with van der Waals surface area (Å²) >= 11 is 11.7. The number of aliphatic hydroxyl groups is 1. The van der Waals surface area contributed by atoms with Gasteiger partial charge in [0.1, 0.15) is 10.8 Å². The summed E-state index contributed by atoms with van der Waals surface area (Å²) in [6.45, 7) is 0. The molecule has 0 saturated carbocycles. The number of aliphatic hydroxyl groups excluding tert-OH is 1. The molecule has 2 aromatic rings. The van der Waals surface area contributed by atoms with Gasteiger partial charge in [-0.3, -0.25) is 0 Å². The maximum Gasteiger partial charge on any atom is 0.433 e. The lowest BCUT2D eigenvalue weighted by Gasteiger charge is -2.14. The third kappa shape index (κ3) is 3.87. The summed E-state index contributed by atoms with van der Waals surface area (Å²) in [6.07, 6.45) is -5.53. The minimum Gasteiger partial charge on any atom is -0.388 e. The summed E-state index contributed by atoms with van der Waals surface area (Å²) in [5, 5.41) is 10.2. The van der Waals surface area contributed by atoms with Crippen LogP contribution in [0.1, 0.15) is 22.9 Å². The van der Waals surface area contributed by atoms with E-state index in [0.717, 1.165) is 12.1 Å². The third-order valence-corrected chi connectivity index (χ3v) is 3.57. The lowest BCUT2D eigenvalue weighted by atomic mass is 10.0. The van der Waals surface area contributed by atoms with E-state index in [2.05, 4.69) is 4.98 Å². The van der Waals surface area contributed by atoms with Crippen molar-refractivity contribution in [2.24, 2.45) is 0 Å². The van der Waals surface area contributed by atoms with Crippen molar-refractivity contribution in [3.8, 4) is 0 Å². The van der Waals surface area contributed by atoms with Crippen LogP contribution >= 0.6 is 23.2 Å². The van der Waals surface area contributed by atoms with Crippen molar-refractivity contribution in [1.29, 1.82) is 0 Å². The summed E-state index contributed by atoms with van der Waals surface area (Å²) in [4.78, 5) is 3.28. The van der Waals surface area contributed by atoms with E-state index in [9.17, 15) is 18.3 Å². The van der Waals surface area contributed by atoms with Gasteiger partial charge in [-0.1, -0.05) is 47.5 Å². The lowest BCUT2D eigenvalue weighted by molar-refractivity contribution is -0.141. The molecule has 0 saturated heterocycles. The number of aromatic nitrogens is 1. The summed E-state index contributed by atoms with van der Waals surface area (Å²) < 4.78 is 37.5. The van der Waals surface area contributed by atoms with E-state index in [1.54, 1.807) is 24.3 Å². The van der Waals surface area contributed by atoms with Gasteiger partial charge in [0.15, 0.2) is 0 Å². The molecular formula is C14H10Cl2F3NO. The Balaban J connectivity index is 2.24. The van der Waals surface area contributed by atoms with Crippen LogP contribution in [0.3, 0.4) is 0 Å². The van der Waals surface area contributed by atoms with Gasteiger partial charge < -0.3 is 5.11 Å². The number of hydrogen-bond donors (Lipinski definition) is 1. The highest BCUT2D eigenvalue weighted by Crippen LogP contribution is 2.32. The second-order valence-electron chi connectivity index (χ2n) is 4.39. The Morgan fingerprint density at radius 2 is 1.76 bits per heavy atom. The fraction of sp³-hybridized carbons (Fsp3) is 0.214. The fourth-order valence-corrected chi connectivity index (χ4v) is 2.33. The predicted molar refractivity (Wildman–Crippen MR) is 74.4 cm³/mol. The quantitative estimate of drug-likeness (QED) is 0.826. The molecule has 2 rings (SSSR count). The number of benzene rings is 1. The fourth-order valence-electron chi connectivity index (χ4n) is 1.83. The van der Waals surface area contributed by atoms with Crippen LogP contribution in [0.4, 0.5) is 13.2 Å². The summed E-state index contributed by atoms with van der Waals surface area (Å²) in [5.41, 5.74) is -0.298. The molecule has 1 atom stereocenters. The average Bonchev–Trinajstić information content (AvgIpc) is 2.40. The maximum atomic E-state index is 12.5. The lowest BCUT2D eigenvalue weighted by Crippen LogP contribution is -2.10. The van der Waals surface area contributed by atoms with Crippen LogP contribution < -0.4 is 0 Å². The molecule has 1 N–H and O–H groups in total. The van der Waals surface area contributed by atoms with Crippen LogP contribution in [-0.4, -0.2) is 10.1 Å². The van der Waals surface area contributed by atoms with Crippen molar-refractivity contribution in [3.05, 3.63) is 63.4 Å². The van der Waals surface area contributed by atoms with E-state index >= 15 is 0 Å². The van der Waals surface area contributed by atoms with E-state index in [0.29, 0.717) is 10.6 Å². The molecule has 1 heterocycles. The molecule has 0 amide bonds. The molecule has 1 unspecified atom stereocenters. The molecule has 0 aliphatic rings. The van der Waals surface area contributed by atoms with Gasteiger partial charge in [0.2, 0.25) is 0 Å². The van der Waals surface area contributed by atoms with Crippen molar-refractivity contribution in [2.75, 3.05) is 0 Å². The Kier molecular flexibility index (Phi) is 4.76. The predicted octanol–water partition coefficient (Wildman–Crippen LogP) is 4.68. The van der Waals surface area contributed by atoms with Gasteiger partial charge in [-0.25, -0.2) is 4.98 Å². The van der Waals surface area contributed by atoms with Crippen LogP contribution in [0.25, 0.3) is 0 Å². The second kappa shape index (κ2) is 6.22. The number of alkyl halides is 3. The van der Waals surface area contributed by atoms with Gasteiger partial charge in [-0.05, 0) is 17.7 Å². The van der Waals surface area contributed by atoms with E-state index in [1.807, 2.05) is 0 Å². The van der Waals surface area contributed by atoms with Crippen molar-refractivity contribution in [3.63, 3.8) is 0 Å². The molecule has 1 aromatic heterocycles. The molecule has 7 heteroatoms. The van der Waals surface area contributed by atoms with E-state index < -0.39 is 18.0 Å². The maximum absolute atomic E-state index is 12.5. The summed E-state index contributed by atoms with van der Waals surface area (Å²) in [6, 6.07) is 8.79. The molecule has 2 nitrogen and oxygen atoms in total. The van der Waals surface area contributed by atoms with Gasteiger partial charge in [0.25, 0.3) is 0 Å². The topological polar surface area (TPSA) is 33.1 Å². The molecule has 0 radical (unpaired) electrons. The first-order valence-electron chi connectivity index (χ1n) is 5.94. The molecule has 1 aromatic carbocycles. The number of rotatable bonds is 3. The van der Waals surface area contributed by atoms with Gasteiger partial charge in [-0.2, -0.15) is 13.2 Å². The summed E-state index contributed by atoms with van der Waals surface area (Å²) in [7, 11) is 0. The first-order chi connectivity index (χ1) is 9.79. The monoisotopic (exact) mass is 335 g/mol. The SMILES string of the molecule is OC(Cc1ccccc1Cl)c1ccc(C(F)(F)F)nc1Cl. The number of halogens is 5. The Morgan fingerprint density at radius 3 is 2.33 bits per heavy atom. The molecule has 21 heavy (non-hydrogen) atoms. The zero-order chi connectivity index (χ0) is 15.6. The van der Waals surface area contributed by atoms with Gasteiger partial charge in [0, 0.05) is 17.0 Å². The minimum atomic E-state index is -4.57. The molecule has 0 spiro atoms. The Hall–Kier alpha value is -1.30. The van der Waals surface area contributed by atoms with E-state index in [-0.39, 0.29) is 17.1 Å². The van der Waals surface area contributed by atoms with E-state index in [1.165, 1.54) is 0 Å². The first-order valence-corrected chi connectivity index (χ1v) is 6.69. The molecule has 0 bridgehead atoms. The Bertz CT molecular complexity index is 646. The van der Waals surface area contributed by atoms with Crippen LogP contribution in [-0.2, 0) is 12.6 Å².